The van der Waals surface area contributed by atoms with Crippen molar-refractivity contribution in [2.24, 2.45) is 0 Å². The number of aromatic nitrogens is 4. The van der Waals surface area contributed by atoms with Crippen molar-refractivity contribution >= 4 is 27.2 Å². The van der Waals surface area contributed by atoms with Crippen LogP contribution in [0, 0.1) is 6.92 Å². The van der Waals surface area contributed by atoms with E-state index < -0.39 is 0 Å². The van der Waals surface area contributed by atoms with E-state index in [1.807, 2.05) is 11.4 Å². The lowest BCUT2D eigenvalue weighted by Gasteiger charge is -2.30. The molecule has 0 N–H and O–H groups in total. The molecule has 1 aliphatic rings. The van der Waals surface area contributed by atoms with Crippen LogP contribution in [-0.4, -0.2) is 56.3 Å². The highest BCUT2D eigenvalue weighted by atomic mass is 32.1. The molecule has 0 fully saturated rings. The first-order valence-corrected chi connectivity index (χ1v) is 10.4. The van der Waals surface area contributed by atoms with E-state index in [1.165, 1.54) is 10.4 Å². The molecule has 0 aromatic carbocycles. The second-order valence-electron chi connectivity index (χ2n) is 7.57. The Kier molecular flexibility index (Phi) is 4.82. The van der Waals surface area contributed by atoms with Crippen molar-refractivity contribution in [1.82, 2.24) is 24.5 Å². The highest BCUT2D eigenvalue weighted by molar-refractivity contribution is 7.19. The Morgan fingerprint density at radius 3 is 2.78 bits per heavy atom. The first-order chi connectivity index (χ1) is 12.9. The molecule has 0 radical (unpaired) electrons. The number of ether oxygens (including phenoxy) is 2. The third kappa shape index (κ3) is 3.41. The van der Waals surface area contributed by atoms with E-state index in [0.717, 1.165) is 47.7 Å². The van der Waals surface area contributed by atoms with E-state index in [4.69, 9.17) is 19.4 Å². The minimum atomic E-state index is -0.175. The van der Waals surface area contributed by atoms with Crippen LogP contribution in [0.3, 0.4) is 0 Å². The molecule has 27 heavy (non-hydrogen) atoms. The number of hydrogen-bond donors (Lipinski definition) is 0. The van der Waals surface area contributed by atoms with Crippen molar-refractivity contribution in [2.75, 3.05) is 26.2 Å². The Balaban J connectivity index is 1.71. The molecule has 0 bridgehead atoms. The number of thiophene rings is 1. The molecule has 0 unspecified atom stereocenters. The molecule has 0 saturated heterocycles. The van der Waals surface area contributed by atoms with Gasteiger partial charge in [0, 0.05) is 17.8 Å². The lowest BCUT2D eigenvalue weighted by Crippen LogP contribution is -2.31. The molecule has 4 rings (SSSR count). The number of fused-ring (bicyclic) bond motifs is 5. The van der Waals surface area contributed by atoms with Gasteiger partial charge in [-0.3, -0.25) is 0 Å². The largest absolute Gasteiger partial charge is 0.461 e. The van der Waals surface area contributed by atoms with E-state index in [0.29, 0.717) is 19.2 Å². The van der Waals surface area contributed by atoms with E-state index in [1.54, 1.807) is 11.3 Å². The van der Waals surface area contributed by atoms with Gasteiger partial charge in [0.15, 0.2) is 5.65 Å². The van der Waals surface area contributed by atoms with Gasteiger partial charge in [-0.1, -0.05) is 13.8 Å². The van der Waals surface area contributed by atoms with Gasteiger partial charge in [-0.2, -0.15) is 9.50 Å². The summed E-state index contributed by atoms with van der Waals surface area (Å²) in [5.74, 6) is 0.822. The van der Waals surface area contributed by atoms with Gasteiger partial charge < -0.3 is 14.4 Å². The summed E-state index contributed by atoms with van der Waals surface area (Å²) in [5, 5.41) is 5.65. The summed E-state index contributed by atoms with van der Waals surface area (Å²) in [6.45, 7) is 14.6. The Morgan fingerprint density at radius 1 is 1.26 bits per heavy atom. The predicted molar refractivity (Wildman–Crippen MR) is 107 cm³/mol. The number of nitrogens with zero attached hydrogens (tertiary/aromatic N) is 5. The molecule has 3 aromatic rings. The zero-order valence-corrected chi connectivity index (χ0v) is 17.5. The van der Waals surface area contributed by atoms with Crippen molar-refractivity contribution < 1.29 is 9.47 Å². The molecular formula is C19H27N5O2S. The third-order valence-corrected chi connectivity index (χ3v) is 6.28. The van der Waals surface area contributed by atoms with Crippen LogP contribution >= 0.6 is 11.3 Å². The fourth-order valence-corrected chi connectivity index (χ4v) is 4.73. The standard InChI is InChI=1S/C19H27N5O2S/c1-6-23(7-2)8-9-25-18-21-16-15-13-10-19(4,5)26-11-14(13)27-17(15)20-12(3)24(16)22-18/h6-11H2,1-5H3. The summed E-state index contributed by atoms with van der Waals surface area (Å²) in [6.07, 6.45) is 0.855. The third-order valence-electron chi connectivity index (χ3n) is 5.18. The average molecular weight is 390 g/mol. The quantitative estimate of drug-likeness (QED) is 0.645. The van der Waals surface area contributed by atoms with Gasteiger partial charge in [0.2, 0.25) is 0 Å². The fraction of sp³-hybridized carbons (Fsp3) is 0.632. The SMILES string of the molecule is CCN(CC)CCOc1nc2c3c4c(sc3nc(C)n2n1)COC(C)(C)C4. The second kappa shape index (κ2) is 7.00. The number of aryl methyl sites for hydroxylation is 1. The predicted octanol–water partition coefficient (Wildman–Crippen LogP) is 3.22. The van der Waals surface area contributed by atoms with Gasteiger partial charge in [0.05, 0.1) is 17.6 Å². The lowest BCUT2D eigenvalue weighted by atomic mass is 9.94. The van der Waals surface area contributed by atoms with Crippen LogP contribution in [0.5, 0.6) is 6.01 Å². The van der Waals surface area contributed by atoms with Crippen LogP contribution in [0.2, 0.25) is 0 Å². The number of rotatable bonds is 6. The maximum absolute atomic E-state index is 5.98. The van der Waals surface area contributed by atoms with Crippen molar-refractivity contribution in [3.8, 4) is 6.01 Å². The van der Waals surface area contributed by atoms with Crippen molar-refractivity contribution in [1.29, 1.82) is 0 Å². The Bertz CT molecular complexity index is 974. The van der Waals surface area contributed by atoms with E-state index in [9.17, 15) is 0 Å². The first-order valence-electron chi connectivity index (χ1n) is 9.58. The summed E-state index contributed by atoms with van der Waals surface area (Å²) in [6, 6.07) is 0.422. The minimum Gasteiger partial charge on any atom is -0.461 e. The zero-order valence-electron chi connectivity index (χ0n) is 16.7. The molecule has 0 spiro atoms. The van der Waals surface area contributed by atoms with E-state index >= 15 is 0 Å². The molecule has 7 nitrogen and oxygen atoms in total. The summed E-state index contributed by atoms with van der Waals surface area (Å²) >= 11 is 1.70. The van der Waals surface area contributed by atoms with Crippen LogP contribution in [0.15, 0.2) is 0 Å². The van der Waals surface area contributed by atoms with Crippen LogP contribution in [0.25, 0.3) is 15.9 Å². The molecule has 1 aliphatic heterocycles. The van der Waals surface area contributed by atoms with Crippen LogP contribution in [0.4, 0.5) is 0 Å². The molecule has 4 heterocycles. The van der Waals surface area contributed by atoms with Gasteiger partial charge >= 0.3 is 6.01 Å². The van der Waals surface area contributed by atoms with Crippen LogP contribution < -0.4 is 4.74 Å². The van der Waals surface area contributed by atoms with Crippen molar-refractivity contribution in [3.05, 3.63) is 16.3 Å². The molecule has 3 aromatic heterocycles. The maximum atomic E-state index is 5.98. The molecule has 8 heteroatoms. The van der Waals surface area contributed by atoms with Gasteiger partial charge in [-0.05, 0) is 39.4 Å². The molecule has 0 atom stereocenters. The Hall–Kier alpha value is -1.77. The lowest BCUT2D eigenvalue weighted by molar-refractivity contribution is -0.0379. The van der Waals surface area contributed by atoms with Gasteiger partial charge in [-0.15, -0.1) is 16.4 Å². The number of likely N-dealkylation sites (N-methyl/N-ethyl adjacent to an activating group) is 1. The topological polar surface area (TPSA) is 64.8 Å². The smallest absolute Gasteiger partial charge is 0.336 e. The van der Waals surface area contributed by atoms with Crippen molar-refractivity contribution in [3.63, 3.8) is 0 Å². The average Bonchev–Trinajstić information content (AvgIpc) is 3.19. The van der Waals surface area contributed by atoms with Gasteiger partial charge in [-0.25, -0.2) is 4.98 Å². The van der Waals surface area contributed by atoms with Gasteiger partial charge in [0.25, 0.3) is 0 Å². The van der Waals surface area contributed by atoms with Crippen LogP contribution in [0.1, 0.15) is 44.0 Å². The summed E-state index contributed by atoms with van der Waals surface area (Å²) in [7, 11) is 0. The molecule has 146 valence electrons. The number of hydrogen-bond acceptors (Lipinski definition) is 7. The monoisotopic (exact) mass is 389 g/mol. The second-order valence-corrected chi connectivity index (χ2v) is 8.66. The molecular weight excluding hydrogens is 362 g/mol. The molecule has 0 amide bonds. The summed E-state index contributed by atoms with van der Waals surface area (Å²) in [5.41, 5.74) is 1.96. The first kappa shape index (κ1) is 18.6. The molecule has 0 aliphatic carbocycles. The summed E-state index contributed by atoms with van der Waals surface area (Å²) in [4.78, 5) is 14.1. The van der Waals surface area contributed by atoms with E-state index in [-0.39, 0.29) is 5.60 Å². The van der Waals surface area contributed by atoms with Gasteiger partial charge in [0.1, 0.15) is 17.3 Å². The molecule has 0 saturated carbocycles. The maximum Gasteiger partial charge on any atom is 0.336 e. The van der Waals surface area contributed by atoms with E-state index in [2.05, 4.69) is 37.7 Å². The highest BCUT2D eigenvalue weighted by Crippen LogP contribution is 2.40. The Morgan fingerprint density at radius 2 is 2.04 bits per heavy atom. The highest BCUT2D eigenvalue weighted by Gasteiger charge is 2.31. The fourth-order valence-electron chi connectivity index (χ4n) is 3.59. The van der Waals surface area contributed by atoms with Crippen molar-refractivity contribution in [2.45, 2.75) is 53.2 Å². The zero-order chi connectivity index (χ0) is 19.2. The normalized spacial score (nSPS) is 16.4. The van der Waals surface area contributed by atoms with Crippen LogP contribution in [-0.2, 0) is 17.8 Å². The minimum absolute atomic E-state index is 0.175. The Labute approximate surface area is 163 Å². The summed E-state index contributed by atoms with van der Waals surface area (Å²) < 4.78 is 13.6.